The normalized spacial score (nSPS) is 19.1. The van der Waals surface area contributed by atoms with E-state index in [1.807, 2.05) is 0 Å². The number of likely N-dealkylation sites (tertiary alicyclic amines) is 1. The number of carboxylic acids is 2. The third-order valence-electron chi connectivity index (χ3n) is 4.47. The van der Waals surface area contributed by atoms with E-state index >= 15 is 0 Å². The topological polar surface area (TPSA) is 179 Å². The number of rotatable bonds is 11. The molecule has 1 heterocycles. The minimum absolute atomic E-state index is 0.148. The van der Waals surface area contributed by atoms with Gasteiger partial charge in [0.1, 0.15) is 18.1 Å². The molecule has 1 aliphatic heterocycles. The van der Waals surface area contributed by atoms with Gasteiger partial charge in [-0.05, 0) is 38.2 Å². The van der Waals surface area contributed by atoms with Gasteiger partial charge in [-0.2, -0.15) is 11.8 Å². The summed E-state index contributed by atoms with van der Waals surface area (Å²) in [6.07, 6.45) is 2.14. The molecule has 0 bridgehead atoms. The van der Waals surface area contributed by atoms with E-state index in [0.717, 1.165) is 0 Å². The molecule has 11 nitrogen and oxygen atoms in total. The molecule has 0 radical (unpaired) electrons. The SMILES string of the molecule is CSCCC(NC(=O)C(CC(=O)O)NC(=O)C1CCCN1C(=O)C(C)N)C(=O)O. The standard InChI is InChI=1S/C17H28N4O7S/c1-9(18)16(26)21-6-3-4-12(21)15(25)20-11(8-13(22)23)14(24)19-10(17(27)28)5-7-29-2/h9-12H,3-8,18H2,1-2H3,(H,19,24)(H,20,25)(H,22,23)(H,27,28). The van der Waals surface area contributed by atoms with Gasteiger partial charge in [-0.3, -0.25) is 19.2 Å². The number of hydrogen-bond donors (Lipinski definition) is 5. The molecule has 1 saturated heterocycles. The second-order valence-corrected chi connectivity index (χ2v) is 7.80. The molecule has 1 fully saturated rings. The van der Waals surface area contributed by atoms with Crippen LogP contribution in [0.15, 0.2) is 0 Å². The average Bonchev–Trinajstić information content (AvgIpc) is 3.12. The van der Waals surface area contributed by atoms with Crippen molar-refractivity contribution < 1.29 is 34.2 Å². The Balaban J connectivity index is 2.87. The van der Waals surface area contributed by atoms with Gasteiger partial charge in [-0.25, -0.2) is 4.79 Å². The van der Waals surface area contributed by atoms with E-state index in [1.54, 1.807) is 6.26 Å². The lowest BCUT2D eigenvalue weighted by atomic mass is 10.1. The number of thioether (sulfide) groups is 1. The van der Waals surface area contributed by atoms with Crippen molar-refractivity contribution in [2.45, 2.75) is 56.8 Å². The van der Waals surface area contributed by atoms with Crippen LogP contribution in [0.1, 0.15) is 32.6 Å². The van der Waals surface area contributed by atoms with E-state index in [0.29, 0.717) is 25.1 Å². The van der Waals surface area contributed by atoms with E-state index in [9.17, 15) is 29.1 Å². The highest BCUT2D eigenvalue weighted by atomic mass is 32.2. The molecule has 6 N–H and O–H groups in total. The summed E-state index contributed by atoms with van der Waals surface area (Å²) in [5.41, 5.74) is 5.59. The third-order valence-corrected chi connectivity index (χ3v) is 5.11. The molecule has 0 aromatic heterocycles. The van der Waals surface area contributed by atoms with Gasteiger partial charge in [0.05, 0.1) is 12.5 Å². The molecule has 0 spiro atoms. The van der Waals surface area contributed by atoms with Crippen molar-refractivity contribution in [3.8, 4) is 0 Å². The Labute approximate surface area is 172 Å². The van der Waals surface area contributed by atoms with Gasteiger partial charge in [0.2, 0.25) is 17.7 Å². The van der Waals surface area contributed by atoms with Crippen LogP contribution in [0.3, 0.4) is 0 Å². The summed E-state index contributed by atoms with van der Waals surface area (Å²) >= 11 is 1.40. The van der Waals surface area contributed by atoms with Crippen LogP contribution in [0.5, 0.6) is 0 Å². The zero-order valence-electron chi connectivity index (χ0n) is 16.4. The van der Waals surface area contributed by atoms with Crippen molar-refractivity contribution in [3.05, 3.63) is 0 Å². The number of amides is 3. The molecular weight excluding hydrogens is 404 g/mol. The summed E-state index contributed by atoms with van der Waals surface area (Å²) in [7, 11) is 0. The summed E-state index contributed by atoms with van der Waals surface area (Å²) in [5.74, 6) is -4.10. The number of nitrogens with two attached hydrogens (primary N) is 1. The Hall–Kier alpha value is -2.34. The highest BCUT2D eigenvalue weighted by molar-refractivity contribution is 7.98. The monoisotopic (exact) mass is 432 g/mol. The number of aliphatic carboxylic acids is 2. The molecule has 3 amide bonds. The Morgan fingerprint density at radius 3 is 2.34 bits per heavy atom. The van der Waals surface area contributed by atoms with Gasteiger partial charge in [0.25, 0.3) is 0 Å². The Kier molecular flexibility index (Phi) is 9.89. The van der Waals surface area contributed by atoms with Crippen LogP contribution in [0, 0.1) is 0 Å². The first-order chi connectivity index (χ1) is 13.6. The number of nitrogens with zero attached hydrogens (tertiary/aromatic N) is 1. The number of carbonyl (C=O) groups is 5. The molecule has 4 unspecified atom stereocenters. The average molecular weight is 432 g/mol. The largest absolute Gasteiger partial charge is 0.481 e. The van der Waals surface area contributed by atoms with E-state index in [4.69, 9.17) is 10.8 Å². The molecule has 1 rings (SSSR count). The van der Waals surface area contributed by atoms with Crippen LogP contribution in [-0.4, -0.2) is 87.5 Å². The lowest BCUT2D eigenvalue weighted by Gasteiger charge is -2.27. The van der Waals surface area contributed by atoms with Crippen molar-refractivity contribution in [1.29, 1.82) is 0 Å². The van der Waals surface area contributed by atoms with E-state index < -0.39 is 60.2 Å². The van der Waals surface area contributed by atoms with Crippen LogP contribution >= 0.6 is 11.8 Å². The molecule has 29 heavy (non-hydrogen) atoms. The van der Waals surface area contributed by atoms with Crippen molar-refractivity contribution in [2.24, 2.45) is 5.73 Å². The van der Waals surface area contributed by atoms with Crippen molar-refractivity contribution >= 4 is 41.4 Å². The van der Waals surface area contributed by atoms with Gasteiger partial charge in [-0.1, -0.05) is 0 Å². The minimum atomic E-state index is -1.47. The van der Waals surface area contributed by atoms with E-state index in [1.165, 1.54) is 23.6 Å². The molecule has 0 aromatic rings. The van der Waals surface area contributed by atoms with Gasteiger partial charge < -0.3 is 31.5 Å². The van der Waals surface area contributed by atoms with E-state index in [-0.39, 0.29) is 6.42 Å². The van der Waals surface area contributed by atoms with E-state index in [2.05, 4.69) is 10.6 Å². The second-order valence-electron chi connectivity index (χ2n) is 6.82. The van der Waals surface area contributed by atoms with Gasteiger partial charge in [0, 0.05) is 6.54 Å². The zero-order valence-corrected chi connectivity index (χ0v) is 17.2. The number of nitrogens with one attached hydrogen (secondary N) is 2. The molecule has 164 valence electrons. The van der Waals surface area contributed by atoms with Crippen LogP contribution in [0.25, 0.3) is 0 Å². The smallest absolute Gasteiger partial charge is 0.326 e. The predicted molar refractivity (Wildman–Crippen MR) is 105 cm³/mol. The maximum absolute atomic E-state index is 12.6. The molecule has 1 aliphatic rings. The first-order valence-electron chi connectivity index (χ1n) is 9.18. The summed E-state index contributed by atoms with van der Waals surface area (Å²) in [5, 5.41) is 22.9. The molecule has 12 heteroatoms. The summed E-state index contributed by atoms with van der Waals surface area (Å²) in [6.45, 7) is 1.83. The summed E-state index contributed by atoms with van der Waals surface area (Å²) in [6, 6.07) is -4.33. The molecular formula is C17H28N4O7S. The first kappa shape index (κ1) is 24.7. The van der Waals surface area contributed by atoms with Crippen molar-refractivity contribution in [1.82, 2.24) is 15.5 Å². The quantitative estimate of drug-likeness (QED) is 0.263. The van der Waals surface area contributed by atoms with Crippen LogP contribution in [0.2, 0.25) is 0 Å². The molecule has 0 aromatic carbocycles. The number of hydrogen-bond acceptors (Lipinski definition) is 7. The van der Waals surface area contributed by atoms with Crippen LogP contribution in [0.4, 0.5) is 0 Å². The lowest BCUT2D eigenvalue weighted by Crippen LogP contribution is -2.56. The molecule has 4 atom stereocenters. The van der Waals surface area contributed by atoms with Gasteiger partial charge in [-0.15, -0.1) is 0 Å². The van der Waals surface area contributed by atoms with Gasteiger partial charge in [0.15, 0.2) is 0 Å². The zero-order chi connectivity index (χ0) is 22.1. The van der Waals surface area contributed by atoms with Crippen molar-refractivity contribution in [3.63, 3.8) is 0 Å². The fourth-order valence-corrected chi connectivity index (χ4v) is 3.45. The minimum Gasteiger partial charge on any atom is -0.481 e. The highest BCUT2D eigenvalue weighted by Gasteiger charge is 2.37. The predicted octanol–water partition coefficient (Wildman–Crippen LogP) is -1.39. The fraction of sp³-hybridized carbons (Fsp3) is 0.706. The maximum atomic E-state index is 12.6. The lowest BCUT2D eigenvalue weighted by molar-refractivity contribution is -0.144. The van der Waals surface area contributed by atoms with Gasteiger partial charge >= 0.3 is 11.9 Å². The summed E-state index contributed by atoms with van der Waals surface area (Å²) < 4.78 is 0. The fourth-order valence-electron chi connectivity index (χ4n) is 2.98. The van der Waals surface area contributed by atoms with Crippen LogP contribution in [-0.2, 0) is 24.0 Å². The molecule has 0 saturated carbocycles. The van der Waals surface area contributed by atoms with Crippen molar-refractivity contribution in [2.75, 3.05) is 18.6 Å². The van der Waals surface area contributed by atoms with Crippen LogP contribution < -0.4 is 16.4 Å². The third kappa shape index (κ3) is 7.54. The highest BCUT2D eigenvalue weighted by Crippen LogP contribution is 2.18. The summed E-state index contributed by atoms with van der Waals surface area (Å²) in [4.78, 5) is 61.0. The maximum Gasteiger partial charge on any atom is 0.326 e. The second kappa shape index (κ2) is 11.6. The first-order valence-corrected chi connectivity index (χ1v) is 10.6. The number of carboxylic acid groups (broad SMARTS) is 2. The Bertz CT molecular complexity index is 643. The molecule has 0 aliphatic carbocycles. The Morgan fingerprint density at radius 2 is 1.83 bits per heavy atom. The number of carbonyl (C=O) groups excluding carboxylic acids is 3. The Morgan fingerprint density at radius 1 is 1.17 bits per heavy atom.